The molecule has 0 amide bonds. The number of hydrogen-bond donors (Lipinski definition) is 1. The van der Waals surface area contributed by atoms with Gasteiger partial charge in [-0.1, -0.05) is 31.2 Å². The van der Waals surface area contributed by atoms with Crippen LogP contribution in [0.2, 0.25) is 0 Å². The van der Waals surface area contributed by atoms with Gasteiger partial charge in [-0.2, -0.15) is 5.26 Å². The van der Waals surface area contributed by atoms with Gasteiger partial charge in [0.05, 0.1) is 12.1 Å². The average Bonchev–Trinajstić information content (AvgIpc) is 2.65. The molecule has 0 unspecified atom stereocenters. The first-order chi connectivity index (χ1) is 11.8. The molecule has 0 aliphatic heterocycles. The van der Waals surface area contributed by atoms with Gasteiger partial charge in [-0.05, 0) is 24.1 Å². The second-order valence-corrected chi connectivity index (χ2v) is 5.39. The third-order valence-corrected chi connectivity index (χ3v) is 3.57. The minimum Gasteiger partial charge on any atom is -0.478 e. The summed E-state index contributed by atoms with van der Waals surface area (Å²) in [4.78, 5) is 8.62. The third kappa shape index (κ3) is 3.61. The first-order valence-corrected chi connectivity index (χ1v) is 7.91. The molecule has 0 aliphatic carbocycles. The summed E-state index contributed by atoms with van der Waals surface area (Å²) in [5, 5.41) is 13.5. The lowest BCUT2D eigenvalue weighted by Crippen LogP contribution is -2.03. The first kappa shape index (κ1) is 15.8. The van der Waals surface area contributed by atoms with Crippen molar-refractivity contribution in [2.75, 3.05) is 11.9 Å². The van der Waals surface area contributed by atoms with Crippen molar-refractivity contribution in [1.82, 2.24) is 9.97 Å². The van der Waals surface area contributed by atoms with Crippen LogP contribution >= 0.6 is 0 Å². The number of nitriles is 1. The summed E-state index contributed by atoms with van der Waals surface area (Å²) in [5.74, 6) is 0.640. The molecule has 1 N–H and O–H groups in total. The van der Waals surface area contributed by atoms with Gasteiger partial charge in [-0.15, -0.1) is 0 Å². The van der Waals surface area contributed by atoms with Crippen LogP contribution in [-0.2, 0) is 6.54 Å². The highest BCUT2D eigenvalue weighted by Crippen LogP contribution is 2.23. The number of nitrogens with one attached hydrogen (secondary N) is 1. The summed E-state index contributed by atoms with van der Waals surface area (Å²) in [5.41, 5.74) is 3.14. The van der Waals surface area contributed by atoms with Crippen LogP contribution in [0.1, 0.15) is 24.6 Å². The number of benzene rings is 1. The molecule has 2 heterocycles. The number of ether oxygens (including phenoxy) is 1. The number of pyridine rings is 2. The number of anilines is 1. The summed E-state index contributed by atoms with van der Waals surface area (Å²) in [7, 11) is 0. The monoisotopic (exact) mass is 318 g/mol. The van der Waals surface area contributed by atoms with Crippen LogP contribution in [-0.4, -0.2) is 16.6 Å². The number of aromatic nitrogens is 2. The molecule has 1 aromatic carbocycles. The molecule has 120 valence electrons. The molecule has 3 rings (SSSR count). The van der Waals surface area contributed by atoms with E-state index >= 15 is 0 Å². The van der Waals surface area contributed by atoms with Crippen molar-refractivity contribution in [2.45, 2.75) is 19.9 Å². The molecular weight excluding hydrogens is 300 g/mol. The highest BCUT2D eigenvalue weighted by molar-refractivity contribution is 5.91. The maximum Gasteiger partial charge on any atom is 0.213 e. The highest BCUT2D eigenvalue weighted by Gasteiger charge is 2.05. The molecule has 0 saturated carbocycles. The summed E-state index contributed by atoms with van der Waals surface area (Å²) in [6.45, 7) is 3.34. The number of para-hydroxylation sites is 1. The molecule has 0 saturated heterocycles. The Hall–Kier alpha value is -3.13. The van der Waals surface area contributed by atoms with E-state index in [1.54, 1.807) is 12.3 Å². The van der Waals surface area contributed by atoms with Crippen LogP contribution in [0.25, 0.3) is 10.9 Å². The maximum atomic E-state index is 9.14. The van der Waals surface area contributed by atoms with E-state index in [4.69, 9.17) is 10.00 Å². The van der Waals surface area contributed by atoms with Crippen molar-refractivity contribution in [2.24, 2.45) is 0 Å². The van der Waals surface area contributed by atoms with Crippen LogP contribution in [0.3, 0.4) is 0 Å². The molecule has 2 aromatic heterocycles. The average molecular weight is 318 g/mol. The molecule has 5 heteroatoms. The predicted octanol–water partition coefficient (Wildman–Crippen LogP) is 3.90. The number of nitrogens with zero attached hydrogens (tertiary/aromatic N) is 3. The van der Waals surface area contributed by atoms with Gasteiger partial charge in [0.1, 0.15) is 11.8 Å². The van der Waals surface area contributed by atoms with Gasteiger partial charge in [0.15, 0.2) is 0 Å². The second-order valence-electron chi connectivity index (χ2n) is 5.39. The van der Waals surface area contributed by atoms with E-state index in [2.05, 4.69) is 28.3 Å². The zero-order valence-corrected chi connectivity index (χ0v) is 13.5. The van der Waals surface area contributed by atoms with Gasteiger partial charge in [-0.25, -0.2) is 9.97 Å². The Kier molecular flexibility index (Phi) is 4.87. The van der Waals surface area contributed by atoms with Crippen molar-refractivity contribution in [3.8, 4) is 11.9 Å². The molecule has 3 aromatic rings. The quantitative estimate of drug-likeness (QED) is 0.746. The number of hydrogen-bond acceptors (Lipinski definition) is 5. The molecule has 0 radical (unpaired) electrons. The minimum atomic E-state index is 0.401. The smallest absolute Gasteiger partial charge is 0.213 e. The van der Waals surface area contributed by atoms with Crippen molar-refractivity contribution in [3.63, 3.8) is 0 Å². The van der Waals surface area contributed by atoms with Crippen LogP contribution in [0, 0.1) is 11.3 Å². The van der Waals surface area contributed by atoms with Gasteiger partial charge >= 0.3 is 0 Å². The van der Waals surface area contributed by atoms with Crippen molar-refractivity contribution >= 4 is 16.6 Å². The standard InChI is InChI=1S/C19H18N4O/c1-2-9-24-19-8-7-14(13-22-19)12-21-18-10-15(11-20)23-17-6-4-3-5-16(17)18/h3-8,10,13H,2,9,12H2,1H3,(H,21,23). The molecule has 0 spiro atoms. The van der Waals surface area contributed by atoms with Gasteiger partial charge in [-0.3, -0.25) is 0 Å². The molecule has 0 atom stereocenters. The molecule has 24 heavy (non-hydrogen) atoms. The van der Waals surface area contributed by atoms with Crippen LogP contribution in [0.5, 0.6) is 5.88 Å². The second kappa shape index (κ2) is 7.42. The Morgan fingerprint density at radius 1 is 1.21 bits per heavy atom. The fourth-order valence-corrected chi connectivity index (χ4v) is 2.38. The fourth-order valence-electron chi connectivity index (χ4n) is 2.38. The molecule has 5 nitrogen and oxygen atoms in total. The van der Waals surface area contributed by atoms with Gasteiger partial charge < -0.3 is 10.1 Å². The highest BCUT2D eigenvalue weighted by atomic mass is 16.5. The third-order valence-electron chi connectivity index (χ3n) is 3.57. The SMILES string of the molecule is CCCOc1ccc(CNc2cc(C#N)nc3ccccc23)cn1. The van der Waals surface area contributed by atoms with E-state index in [1.165, 1.54) is 0 Å². The van der Waals surface area contributed by atoms with E-state index in [0.29, 0.717) is 24.7 Å². The number of rotatable bonds is 6. The Labute approximate surface area is 140 Å². The molecular formula is C19H18N4O. The van der Waals surface area contributed by atoms with Crippen molar-refractivity contribution in [1.29, 1.82) is 5.26 Å². The largest absolute Gasteiger partial charge is 0.478 e. The topological polar surface area (TPSA) is 70.8 Å². The van der Waals surface area contributed by atoms with Gasteiger partial charge in [0.25, 0.3) is 0 Å². The lowest BCUT2D eigenvalue weighted by atomic mass is 10.1. The van der Waals surface area contributed by atoms with Crippen LogP contribution in [0.4, 0.5) is 5.69 Å². The Morgan fingerprint density at radius 2 is 2.08 bits per heavy atom. The first-order valence-electron chi connectivity index (χ1n) is 7.91. The predicted molar refractivity (Wildman–Crippen MR) is 93.8 cm³/mol. The zero-order chi connectivity index (χ0) is 16.8. The Morgan fingerprint density at radius 3 is 2.83 bits per heavy atom. The molecule has 0 fully saturated rings. The normalized spacial score (nSPS) is 10.3. The fraction of sp³-hybridized carbons (Fsp3) is 0.211. The Bertz CT molecular complexity index is 869. The molecule has 0 bridgehead atoms. The van der Waals surface area contributed by atoms with Gasteiger partial charge in [0.2, 0.25) is 5.88 Å². The van der Waals surface area contributed by atoms with E-state index in [0.717, 1.165) is 28.6 Å². The summed E-state index contributed by atoms with van der Waals surface area (Å²) < 4.78 is 5.49. The van der Waals surface area contributed by atoms with E-state index in [1.807, 2.05) is 36.4 Å². The molecule has 0 aliphatic rings. The summed E-state index contributed by atoms with van der Waals surface area (Å²) >= 11 is 0. The van der Waals surface area contributed by atoms with Crippen LogP contribution in [0.15, 0.2) is 48.7 Å². The number of fused-ring (bicyclic) bond motifs is 1. The summed E-state index contributed by atoms with van der Waals surface area (Å²) in [6.07, 6.45) is 2.76. The van der Waals surface area contributed by atoms with E-state index in [9.17, 15) is 0 Å². The van der Waals surface area contributed by atoms with E-state index in [-0.39, 0.29) is 0 Å². The van der Waals surface area contributed by atoms with Crippen molar-refractivity contribution < 1.29 is 4.74 Å². The lowest BCUT2D eigenvalue weighted by molar-refractivity contribution is 0.305. The zero-order valence-electron chi connectivity index (χ0n) is 13.5. The Balaban J connectivity index is 1.77. The van der Waals surface area contributed by atoms with Crippen LogP contribution < -0.4 is 10.1 Å². The maximum absolute atomic E-state index is 9.14. The lowest BCUT2D eigenvalue weighted by Gasteiger charge is -2.10. The van der Waals surface area contributed by atoms with Crippen molar-refractivity contribution in [3.05, 3.63) is 59.9 Å². The summed E-state index contributed by atoms with van der Waals surface area (Å²) in [6, 6.07) is 15.5. The van der Waals surface area contributed by atoms with Gasteiger partial charge in [0, 0.05) is 29.9 Å². The minimum absolute atomic E-state index is 0.401. The van der Waals surface area contributed by atoms with E-state index < -0.39 is 0 Å².